The van der Waals surface area contributed by atoms with Crippen LogP contribution in [0.2, 0.25) is 0 Å². The van der Waals surface area contributed by atoms with Crippen LogP contribution in [0.25, 0.3) is 6.08 Å². The van der Waals surface area contributed by atoms with Crippen LogP contribution >= 0.6 is 0 Å². The second-order valence-electron chi connectivity index (χ2n) is 4.32. The van der Waals surface area contributed by atoms with Crippen molar-refractivity contribution in [2.45, 2.75) is 0 Å². The second-order valence-corrected chi connectivity index (χ2v) is 4.32. The number of benzene rings is 1. The molecule has 4 N–H and O–H groups in total. The molecule has 1 fully saturated rings. The first-order valence-corrected chi connectivity index (χ1v) is 5.66. The second kappa shape index (κ2) is 5.63. The monoisotopic (exact) mass is 294 g/mol. The van der Waals surface area contributed by atoms with Crippen molar-refractivity contribution < 1.29 is 30.1 Å². The Hall–Kier alpha value is -2.87. The molecule has 1 heterocycles. The Labute approximate surface area is 119 Å². The zero-order chi connectivity index (χ0) is 15.0. The van der Waals surface area contributed by atoms with Crippen LogP contribution < -0.4 is 0 Å². The molecule has 21 heavy (non-hydrogen) atoms. The van der Waals surface area contributed by atoms with Crippen LogP contribution in [-0.4, -0.2) is 57.4 Å². The maximum absolute atomic E-state index is 11.9. The van der Waals surface area contributed by atoms with Crippen molar-refractivity contribution in [3.63, 3.8) is 0 Å². The number of urea groups is 1. The number of carbonyl (C=O) groups excluding carboxylic acids is 3. The molecule has 0 aromatic heterocycles. The highest BCUT2D eigenvalue weighted by molar-refractivity contribution is 6.30. The van der Waals surface area contributed by atoms with E-state index in [-0.39, 0.29) is 22.5 Å². The van der Waals surface area contributed by atoms with E-state index in [0.717, 1.165) is 9.80 Å². The molecule has 0 unspecified atom stereocenters. The van der Waals surface area contributed by atoms with E-state index >= 15 is 0 Å². The van der Waals surface area contributed by atoms with Gasteiger partial charge in [0.2, 0.25) is 0 Å². The quantitative estimate of drug-likeness (QED) is 0.417. The molecule has 4 amide bonds. The summed E-state index contributed by atoms with van der Waals surface area (Å²) >= 11 is 0. The van der Waals surface area contributed by atoms with Gasteiger partial charge in [0.05, 0.1) is 0 Å². The lowest BCUT2D eigenvalue weighted by Gasteiger charge is -2.28. The summed E-state index contributed by atoms with van der Waals surface area (Å²) < 4.78 is 0. The van der Waals surface area contributed by atoms with Gasteiger partial charge >= 0.3 is 6.03 Å². The minimum Gasteiger partial charge on any atom is -0.504 e. The maximum Gasteiger partial charge on any atom is 0.333 e. The number of phenols is 2. The van der Waals surface area contributed by atoms with Crippen LogP contribution in [0.4, 0.5) is 4.79 Å². The van der Waals surface area contributed by atoms with Gasteiger partial charge < -0.3 is 15.7 Å². The van der Waals surface area contributed by atoms with Gasteiger partial charge in [0, 0.05) is 14.1 Å². The van der Waals surface area contributed by atoms with Crippen molar-refractivity contribution in [3.8, 4) is 11.5 Å². The van der Waals surface area contributed by atoms with E-state index in [4.69, 9.17) is 0 Å². The Bertz CT molecular complexity index is 626. The first-order valence-electron chi connectivity index (χ1n) is 5.66. The first-order chi connectivity index (χ1) is 9.32. The van der Waals surface area contributed by atoms with E-state index in [9.17, 15) is 24.6 Å². The van der Waals surface area contributed by atoms with E-state index < -0.39 is 17.8 Å². The molecule has 1 saturated heterocycles. The number of aromatic hydroxyl groups is 2. The smallest absolute Gasteiger partial charge is 0.333 e. The van der Waals surface area contributed by atoms with Crippen LogP contribution in [0.15, 0.2) is 23.8 Å². The molecule has 0 spiro atoms. The van der Waals surface area contributed by atoms with E-state index in [1.165, 1.54) is 38.4 Å². The highest BCUT2D eigenvalue weighted by Gasteiger charge is 2.37. The van der Waals surface area contributed by atoms with Gasteiger partial charge in [-0.3, -0.25) is 19.4 Å². The fourth-order valence-corrected chi connectivity index (χ4v) is 1.77. The van der Waals surface area contributed by atoms with Gasteiger partial charge in [-0.15, -0.1) is 0 Å². The van der Waals surface area contributed by atoms with Crippen LogP contribution in [0.3, 0.4) is 0 Å². The molecular formula is C13H14N2O6. The highest BCUT2D eigenvalue weighted by Crippen LogP contribution is 2.27. The summed E-state index contributed by atoms with van der Waals surface area (Å²) in [5, 5.41) is 18.6. The summed E-state index contributed by atoms with van der Waals surface area (Å²) in [6, 6.07) is 3.17. The summed E-state index contributed by atoms with van der Waals surface area (Å²) in [5.41, 5.74) is 0.160. The summed E-state index contributed by atoms with van der Waals surface area (Å²) in [4.78, 5) is 37.1. The molecule has 112 valence electrons. The van der Waals surface area contributed by atoms with E-state index in [1.54, 1.807) is 0 Å². The Kier molecular flexibility index (Phi) is 4.34. The Morgan fingerprint density at radius 2 is 1.48 bits per heavy atom. The molecule has 0 aliphatic carbocycles. The van der Waals surface area contributed by atoms with E-state index in [1.807, 2.05) is 0 Å². The van der Waals surface area contributed by atoms with Gasteiger partial charge in [-0.2, -0.15) is 0 Å². The minimum atomic E-state index is -0.717. The van der Waals surface area contributed by atoms with Crippen molar-refractivity contribution in [2.24, 2.45) is 0 Å². The molecule has 0 saturated carbocycles. The van der Waals surface area contributed by atoms with Crippen LogP contribution in [0, 0.1) is 0 Å². The number of likely N-dealkylation sites (N-methyl/N-ethyl adjacent to an activating group) is 2. The molecule has 1 aliphatic heterocycles. The zero-order valence-corrected chi connectivity index (χ0v) is 11.3. The van der Waals surface area contributed by atoms with Crippen molar-refractivity contribution in [1.82, 2.24) is 9.80 Å². The highest BCUT2D eigenvalue weighted by atomic mass is 16.3. The number of amides is 4. The fraction of sp³-hybridized carbons (Fsp3) is 0.154. The van der Waals surface area contributed by atoms with Crippen molar-refractivity contribution in [1.29, 1.82) is 0 Å². The summed E-state index contributed by atoms with van der Waals surface area (Å²) in [6.45, 7) is 0. The third-order valence-corrected chi connectivity index (χ3v) is 2.95. The van der Waals surface area contributed by atoms with Crippen molar-refractivity contribution in [2.75, 3.05) is 14.1 Å². The van der Waals surface area contributed by atoms with E-state index in [0.29, 0.717) is 5.56 Å². The molecule has 8 nitrogen and oxygen atoms in total. The van der Waals surface area contributed by atoms with Crippen LogP contribution in [0.5, 0.6) is 11.5 Å². The van der Waals surface area contributed by atoms with Crippen LogP contribution in [0.1, 0.15) is 5.56 Å². The summed E-state index contributed by atoms with van der Waals surface area (Å²) in [6.07, 6.45) is 1.25. The van der Waals surface area contributed by atoms with Crippen molar-refractivity contribution in [3.05, 3.63) is 29.3 Å². The lowest BCUT2D eigenvalue weighted by atomic mass is 10.1. The number of phenolic OH excluding ortho intramolecular Hbond substituents is 2. The molecule has 1 aromatic carbocycles. The number of imide groups is 2. The Morgan fingerprint density at radius 1 is 0.952 bits per heavy atom. The van der Waals surface area contributed by atoms with Gasteiger partial charge in [0.25, 0.3) is 11.8 Å². The van der Waals surface area contributed by atoms with Crippen LogP contribution in [-0.2, 0) is 9.59 Å². The predicted molar refractivity (Wildman–Crippen MR) is 72.3 cm³/mol. The maximum atomic E-state index is 11.9. The third kappa shape index (κ3) is 2.70. The zero-order valence-electron chi connectivity index (χ0n) is 11.3. The molecule has 0 radical (unpaired) electrons. The number of carbonyl (C=O) groups is 3. The SMILES string of the molecule is CN1C(=O)C(=Cc2ccc(O)c(O)c2)C(=O)N(C)C1=O.O. The average Bonchev–Trinajstić information content (AvgIpc) is 2.43. The normalized spacial score (nSPS) is 15.1. The molecule has 8 heteroatoms. The molecule has 0 atom stereocenters. The topological polar surface area (TPSA) is 130 Å². The Morgan fingerprint density at radius 3 is 1.95 bits per heavy atom. The number of hydrogen-bond acceptors (Lipinski definition) is 5. The molecule has 1 aromatic rings. The lowest BCUT2D eigenvalue weighted by Crippen LogP contribution is -2.52. The summed E-state index contributed by atoms with van der Waals surface area (Å²) in [7, 11) is 2.55. The summed E-state index contributed by atoms with van der Waals surface area (Å²) in [5.74, 6) is -2.11. The number of barbiturate groups is 1. The lowest BCUT2D eigenvalue weighted by molar-refractivity contribution is -0.134. The average molecular weight is 294 g/mol. The minimum absolute atomic E-state index is 0. The fourth-order valence-electron chi connectivity index (χ4n) is 1.77. The van der Waals surface area contributed by atoms with Gasteiger partial charge in [0.15, 0.2) is 11.5 Å². The largest absolute Gasteiger partial charge is 0.504 e. The predicted octanol–water partition coefficient (Wildman–Crippen LogP) is -0.293. The Balaban J connectivity index is 0.00000220. The third-order valence-electron chi connectivity index (χ3n) is 2.95. The molecule has 0 bridgehead atoms. The molecular weight excluding hydrogens is 280 g/mol. The van der Waals surface area contributed by atoms with Gasteiger partial charge in [0.1, 0.15) is 5.57 Å². The van der Waals surface area contributed by atoms with Gasteiger partial charge in [-0.1, -0.05) is 6.07 Å². The van der Waals surface area contributed by atoms with E-state index in [2.05, 4.69) is 0 Å². The number of rotatable bonds is 1. The molecule has 1 aliphatic rings. The standard InChI is InChI=1S/C13H12N2O5.H2O/c1-14-11(18)8(12(19)15(2)13(14)20)5-7-3-4-9(16)10(17)6-7;/h3-6,16-17H,1-2H3;1H2. The first kappa shape index (κ1) is 16.2. The number of hydrogen-bond donors (Lipinski definition) is 2. The van der Waals surface area contributed by atoms with Crippen molar-refractivity contribution >= 4 is 23.9 Å². The molecule has 2 rings (SSSR count). The van der Waals surface area contributed by atoms with Gasteiger partial charge in [-0.25, -0.2) is 4.79 Å². The van der Waals surface area contributed by atoms with Gasteiger partial charge in [-0.05, 0) is 23.8 Å². The number of nitrogens with zero attached hydrogens (tertiary/aromatic N) is 2.